The first-order valence-electron chi connectivity index (χ1n) is 11.0. The van der Waals surface area contributed by atoms with Crippen LogP contribution in [0.1, 0.15) is 51.0 Å². The Kier molecular flexibility index (Phi) is 6.09. The lowest BCUT2D eigenvalue weighted by atomic mass is 10.0. The Labute approximate surface area is 192 Å². The third-order valence-corrected chi connectivity index (χ3v) is 6.29. The summed E-state index contributed by atoms with van der Waals surface area (Å²) in [4.78, 5) is 21.9. The number of halogens is 1. The third-order valence-electron chi connectivity index (χ3n) is 5.98. The second-order valence-electron chi connectivity index (χ2n) is 9.06. The van der Waals surface area contributed by atoms with Gasteiger partial charge in [0.15, 0.2) is 11.3 Å². The monoisotopic (exact) mass is 457 g/mol. The van der Waals surface area contributed by atoms with Gasteiger partial charge in [-0.2, -0.15) is 0 Å². The molecule has 0 saturated heterocycles. The molecule has 1 aromatic carbocycles. The Bertz CT molecular complexity index is 1170. The number of aliphatic hydroxyl groups excluding tert-OH is 1. The van der Waals surface area contributed by atoms with Crippen LogP contribution in [-0.2, 0) is 6.54 Å². The van der Waals surface area contributed by atoms with Crippen LogP contribution in [0, 0.1) is 11.8 Å². The van der Waals surface area contributed by atoms with E-state index in [1.165, 1.54) is 0 Å². The second kappa shape index (κ2) is 8.67. The van der Waals surface area contributed by atoms with Gasteiger partial charge in [0.25, 0.3) is 0 Å². The number of nitrogens with zero attached hydrogens (tertiary/aromatic N) is 4. The Hall–Kier alpha value is -2.71. The fraction of sp³-hybridized carbons (Fsp3) is 0.478. The Morgan fingerprint density at radius 1 is 1.38 bits per heavy atom. The Balaban J connectivity index is 1.82. The zero-order chi connectivity index (χ0) is 23.2. The summed E-state index contributed by atoms with van der Waals surface area (Å²) in [6.45, 7) is 10.7. The number of hydrogen-bond acceptors (Lipinski definition) is 6. The highest BCUT2D eigenvalue weighted by atomic mass is 35.5. The van der Waals surface area contributed by atoms with Crippen molar-refractivity contribution in [3.63, 3.8) is 0 Å². The number of fused-ring (bicyclic) bond motifs is 2. The summed E-state index contributed by atoms with van der Waals surface area (Å²) in [6.07, 6.45) is 1.80. The quantitative estimate of drug-likeness (QED) is 0.383. The molecule has 4 rings (SSSR count). The first kappa shape index (κ1) is 22.5. The van der Waals surface area contributed by atoms with E-state index >= 15 is 0 Å². The van der Waals surface area contributed by atoms with Crippen LogP contribution in [0.3, 0.4) is 0 Å². The summed E-state index contributed by atoms with van der Waals surface area (Å²) in [5.74, 6) is 1.56. The van der Waals surface area contributed by atoms with E-state index in [4.69, 9.17) is 16.6 Å². The number of hydrogen-bond donors (Lipinski definition) is 3. The highest BCUT2D eigenvalue weighted by Crippen LogP contribution is 2.30. The number of carbonyl (C=O) groups is 1. The fourth-order valence-electron chi connectivity index (χ4n) is 4.01. The predicted octanol–water partition coefficient (Wildman–Crippen LogP) is 3.96. The maximum atomic E-state index is 12.4. The van der Waals surface area contributed by atoms with Crippen molar-refractivity contribution < 1.29 is 14.5 Å². The van der Waals surface area contributed by atoms with E-state index in [9.17, 15) is 9.90 Å². The largest absolute Gasteiger partial charge is 0.393 e. The molecule has 0 bridgehead atoms. The summed E-state index contributed by atoms with van der Waals surface area (Å²) in [5.41, 5.74) is 2.78. The maximum absolute atomic E-state index is 12.4. The van der Waals surface area contributed by atoms with Crippen molar-refractivity contribution in [2.24, 2.45) is 11.8 Å². The lowest BCUT2D eigenvalue weighted by Gasteiger charge is -2.28. The minimum atomic E-state index is -0.124. The van der Waals surface area contributed by atoms with Crippen molar-refractivity contribution in [1.29, 1.82) is 0 Å². The van der Waals surface area contributed by atoms with Crippen molar-refractivity contribution in [2.75, 3.05) is 17.2 Å². The van der Waals surface area contributed by atoms with E-state index in [0.29, 0.717) is 23.1 Å². The van der Waals surface area contributed by atoms with Gasteiger partial charge < -0.3 is 9.67 Å². The lowest BCUT2D eigenvalue weighted by molar-refractivity contribution is -0.681. The van der Waals surface area contributed by atoms with Crippen LogP contribution >= 0.6 is 11.6 Å². The number of aliphatic hydroxyl groups is 1. The van der Waals surface area contributed by atoms with Gasteiger partial charge in [0, 0.05) is 23.4 Å². The molecule has 1 aliphatic rings. The summed E-state index contributed by atoms with van der Waals surface area (Å²) in [7, 11) is 0. The van der Waals surface area contributed by atoms with Crippen molar-refractivity contribution >= 4 is 46.0 Å². The lowest BCUT2D eigenvalue weighted by Crippen LogP contribution is -2.54. The molecule has 8 nitrogen and oxygen atoms in total. The summed E-state index contributed by atoms with van der Waals surface area (Å²) in [6, 6.07) is 5.51. The number of nitrogens with one attached hydrogen (secondary N) is 2. The number of rotatable bonds is 6. The van der Waals surface area contributed by atoms with Crippen LogP contribution in [0.4, 0.5) is 17.5 Å². The fourth-order valence-corrected chi connectivity index (χ4v) is 4.28. The van der Waals surface area contributed by atoms with Gasteiger partial charge in [-0.15, -0.1) is 0 Å². The standard InChI is InChI=1S/C23H29ClN6O2/c1-12(2)20(32)16-7-6-15(8-17(16)24)26-21-19-22(30(11-25-19)13(3)4)28-23-27-18(10-31)14(5)9-29(21)23/h6-8,11-14,18,31H,9-10H2,1-5H3,(H,26,27,28,32)/p+1/t14?,18-/m1/s1. The number of imidazole rings is 1. The van der Waals surface area contributed by atoms with Gasteiger partial charge in [-0.3, -0.25) is 15.4 Å². The van der Waals surface area contributed by atoms with Crippen LogP contribution < -0.4 is 15.2 Å². The van der Waals surface area contributed by atoms with E-state index < -0.39 is 0 Å². The van der Waals surface area contributed by atoms with E-state index in [1.54, 1.807) is 18.5 Å². The number of carbonyl (C=O) groups excluding carboxylic acids is 1. The molecule has 2 atom stereocenters. The minimum absolute atomic E-state index is 0.0170. The molecule has 0 saturated carbocycles. The number of benzene rings is 1. The molecule has 3 aromatic rings. The number of anilines is 3. The summed E-state index contributed by atoms with van der Waals surface area (Å²) in [5, 5.41) is 17.0. The first-order chi connectivity index (χ1) is 15.2. The van der Waals surface area contributed by atoms with Gasteiger partial charge in [-0.25, -0.2) is 9.55 Å². The predicted molar refractivity (Wildman–Crippen MR) is 126 cm³/mol. The maximum Gasteiger partial charge on any atom is 0.349 e. The summed E-state index contributed by atoms with van der Waals surface area (Å²) < 4.78 is 4.07. The smallest absolute Gasteiger partial charge is 0.349 e. The van der Waals surface area contributed by atoms with Crippen LogP contribution in [0.2, 0.25) is 5.02 Å². The molecule has 170 valence electrons. The Morgan fingerprint density at radius 2 is 2.12 bits per heavy atom. The summed E-state index contributed by atoms with van der Waals surface area (Å²) >= 11 is 6.46. The third kappa shape index (κ3) is 3.93. The van der Waals surface area contributed by atoms with E-state index in [-0.39, 0.29) is 36.3 Å². The number of ketones is 1. The zero-order valence-electron chi connectivity index (χ0n) is 19.1. The molecule has 0 fully saturated rings. The molecular weight excluding hydrogens is 428 g/mol. The van der Waals surface area contributed by atoms with Crippen LogP contribution in [0.25, 0.3) is 11.2 Å². The number of Topliss-reactive ketones (excluding diaryl/α,β-unsaturated/α-hetero) is 1. The SMILES string of the molecule is CC(C)C(=O)c1ccc(Nc2c3ncn(C(C)C)c3nc3[n+]2CC(C)[C@@H](CO)N3)cc1Cl. The minimum Gasteiger partial charge on any atom is -0.393 e. The highest BCUT2D eigenvalue weighted by Gasteiger charge is 2.34. The van der Waals surface area contributed by atoms with Crippen molar-refractivity contribution in [1.82, 2.24) is 14.5 Å². The van der Waals surface area contributed by atoms with Gasteiger partial charge in [-0.05, 0) is 32.0 Å². The molecule has 0 spiro atoms. The molecule has 0 radical (unpaired) electrons. The van der Waals surface area contributed by atoms with Crippen LogP contribution in [0.15, 0.2) is 24.5 Å². The van der Waals surface area contributed by atoms with Crippen molar-refractivity contribution in [3.8, 4) is 0 Å². The molecule has 1 aliphatic heterocycles. The molecule has 2 aromatic heterocycles. The van der Waals surface area contributed by atoms with E-state index in [0.717, 1.165) is 22.7 Å². The van der Waals surface area contributed by atoms with Gasteiger partial charge in [0.2, 0.25) is 11.5 Å². The Morgan fingerprint density at radius 3 is 2.75 bits per heavy atom. The van der Waals surface area contributed by atoms with Crippen LogP contribution in [-0.4, -0.2) is 38.1 Å². The molecule has 0 amide bonds. The number of aromatic nitrogens is 4. The van der Waals surface area contributed by atoms with E-state index in [2.05, 4.69) is 41.0 Å². The van der Waals surface area contributed by atoms with Gasteiger partial charge in [0.1, 0.15) is 0 Å². The van der Waals surface area contributed by atoms with E-state index in [1.807, 2.05) is 24.5 Å². The molecule has 1 unspecified atom stereocenters. The highest BCUT2D eigenvalue weighted by molar-refractivity contribution is 6.34. The van der Waals surface area contributed by atoms with Gasteiger partial charge in [0.05, 0.1) is 36.2 Å². The average Bonchev–Trinajstić information content (AvgIpc) is 3.17. The van der Waals surface area contributed by atoms with Crippen molar-refractivity contribution in [2.45, 2.75) is 53.2 Å². The molecule has 32 heavy (non-hydrogen) atoms. The normalized spacial score (nSPS) is 18.2. The van der Waals surface area contributed by atoms with Crippen molar-refractivity contribution in [3.05, 3.63) is 35.1 Å². The molecule has 0 aliphatic carbocycles. The first-order valence-corrected chi connectivity index (χ1v) is 11.4. The molecule has 9 heteroatoms. The second-order valence-corrected chi connectivity index (χ2v) is 9.47. The molecule has 3 N–H and O–H groups in total. The van der Waals surface area contributed by atoms with Crippen LogP contribution in [0.5, 0.6) is 0 Å². The zero-order valence-corrected chi connectivity index (χ0v) is 19.8. The molecular formula is C23H30ClN6O2+. The van der Waals surface area contributed by atoms with Gasteiger partial charge >= 0.3 is 5.95 Å². The molecule has 3 heterocycles. The average molecular weight is 458 g/mol. The van der Waals surface area contributed by atoms with Gasteiger partial charge in [-0.1, -0.05) is 37.4 Å². The topological polar surface area (TPSA) is 96.0 Å².